The van der Waals surface area contributed by atoms with Crippen LogP contribution in [0, 0.1) is 11.3 Å². The first-order valence-electron chi connectivity index (χ1n) is 8.81. The lowest BCUT2D eigenvalue weighted by atomic mass is 9.77. The van der Waals surface area contributed by atoms with Crippen LogP contribution in [-0.4, -0.2) is 11.7 Å². The molecule has 156 valence electrons. The maximum atomic E-state index is 12.9. The van der Waals surface area contributed by atoms with E-state index in [1.165, 1.54) is 0 Å². The Kier molecular flexibility index (Phi) is 6.16. The molecule has 0 spiro atoms. The number of halogens is 6. The Bertz CT molecular complexity index is 722. The molecule has 0 radical (unpaired) electrons. The van der Waals surface area contributed by atoms with Crippen molar-refractivity contribution >= 4 is 11.7 Å². The topological polar surface area (TPSA) is 46.2 Å². The first-order valence-corrected chi connectivity index (χ1v) is 8.81. The van der Waals surface area contributed by atoms with Gasteiger partial charge in [0.15, 0.2) is 0 Å². The second-order valence-electron chi connectivity index (χ2n) is 7.69. The Hall–Kier alpha value is -2.06. The van der Waals surface area contributed by atoms with Gasteiger partial charge in [0.25, 0.3) is 0 Å². The number of rotatable bonds is 5. The monoisotopic (exact) mass is 409 g/mol. The predicted octanol–water partition coefficient (Wildman–Crippen LogP) is 5.13. The molecule has 1 aliphatic rings. The van der Waals surface area contributed by atoms with E-state index in [9.17, 15) is 35.9 Å². The molecule has 1 aromatic rings. The molecule has 1 fully saturated rings. The van der Waals surface area contributed by atoms with Crippen LogP contribution in [0.5, 0.6) is 0 Å². The van der Waals surface area contributed by atoms with Crippen molar-refractivity contribution in [3.8, 4) is 0 Å². The van der Waals surface area contributed by atoms with E-state index >= 15 is 0 Å². The quantitative estimate of drug-likeness (QED) is 0.686. The number of hydrogen-bond acceptors (Lipinski definition) is 2. The Morgan fingerprint density at radius 2 is 1.61 bits per heavy atom. The van der Waals surface area contributed by atoms with Crippen LogP contribution in [0.15, 0.2) is 18.2 Å². The highest BCUT2D eigenvalue weighted by molar-refractivity contribution is 5.93. The SMILES string of the molecule is CC(C)CC1(C(=O)NCc2cc(C(F)(F)F)cc(C(F)(F)F)c2)CCC(=O)C1. The van der Waals surface area contributed by atoms with Gasteiger partial charge in [0.1, 0.15) is 5.78 Å². The van der Waals surface area contributed by atoms with E-state index in [1.807, 2.05) is 13.8 Å². The van der Waals surface area contributed by atoms with Crippen molar-refractivity contribution in [3.05, 3.63) is 34.9 Å². The van der Waals surface area contributed by atoms with Crippen molar-refractivity contribution in [3.63, 3.8) is 0 Å². The van der Waals surface area contributed by atoms with Crippen LogP contribution in [0.1, 0.15) is 56.2 Å². The summed E-state index contributed by atoms with van der Waals surface area (Å²) < 4.78 is 77.6. The average molecular weight is 409 g/mol. The fourth-order valence-corrected chi connectivity index (χ4v) is 3.67. The highest BCUT2D eigenvalue weighted by Crippen LogP contribution is 2.42. The Morgan fingerprint density at radius 1 is 1.07 bits per heavy atom. The lowest BCUT2D eigenvalue weighted by molar-refractivity contribution is -0.143. The van der Waals surface area contributed by atoms with Gasteiger partial charge in [-0.1, -0.05) is 13.8 Å². The summed E-state index contributed by atoms with van der Waals surface area (Å²) in [5, 5.41) is 2.44. The first-order chi connectivity index (χ1) is 12.7. The summed E-state index contributed by atoms with van der Waals surface area (Å²) in [7, 11) is 0. The minimum atomic E-state index is -4.95. The minimum Gasteiger partial charge on any atom is -0.352 e. The van der Waals surface area contributed by atoms with Crippen molar-refractivity contribution in [2.45, 2.75) is 58.4 Å². The number of alkyl halides is 6. The smallest absolute Gasteiger partial charge is 0.352 e. The van der Waals surface area contributed by atoms with Gasteiger partial charge in [-0.25, -0.2) is 0 Å². The van der Waals surface area contributed by atoms with Gasteiger partial charge in [0, 0.05) is 19.4 Å². The minimum absolute atomic E-state index is 0.0351. The molecule has 1 saturated carbocycles. The normalized spacial score (nSPS) is 20.7. The predicted molar refractivity (Wildman–Crippen MR) is 89.0 cm³/mol. The van der Waals surface area contributed by atoms with Gasteiger partial charge in [0.05, 0.1) is 16.5 Å². The summed E-state index contributed by atoms with van der Waals surface area (Å²) in [6.45, 7) is 3.26. The van der Waals surface area contributed by atoms with Gasteiger partial charge in [-0.05, 0) is 42.5 Å². The molecule has 0 bridgehead atoms. The molecule has 3 nitrogen and oxygen atoms in total. The molecule has 1 aliphatic carbocycles. The number of ketones is 1. The van der Waals surface area contributed by atoms with E-state index in [-0.39, 0.29) is 36.2 Å². The van der Waals surface area contributed by atoms with E-state index < -0.39 is 41.3 Å². The molecule has 0 saturated heterocycles. The van der Waals surface area contributed by atoms with Crippen molar-refractivity contribution in [2.24, 2.45) is 11.3 Å². The Labute approximate surface area is 158 Å². The van der Waals surface area contributed by atoms with Crippen molar-refractivity contribution in [1.29, 1.82) is 0 Å². The third-order valence-corrected chi connectivity index (χ3v) is 4.80. The molecule has 1 aromatic carbocycles. The number of carbonyl (C=O) groups excluding carboxylic acids is 2. The molecule has 0 aliphatic heterocycles. The van der Waals surface area contributed by atoms with Crippen molar-refractivity contribution < 1.29 is 35.9 Å². The number of Topliss-reactive ketones (excluding diaryl/α,β-unsaturated/α-hetero) is 1. The molecule has 1 unspecified atom stereocenters. The van der Waals surface area contributed by atoms with Crippen LogP contribution in [0.25, 0.3) is 0 Å². The summed E-state index contributed by atoms with van der Waals surface area (Å²) in [4.78, 5) is 24.4. The molecule has 9 heteroatoms. The molecule has 0 aromatic heterocycles. The highest BCUT2D eigenvalue weighted by Gasteiger charge is 2.45. The van der Waals surface area contributed by atoms with Crippen LogP contribution in [0.3, 0.4) is 0 Å². The zero-order chi connectivity index (χ0) is 21.3. The summed E-state index contributed by atoms with van der Waals surface area (Å²) in [5.41, 5.74) is -4.13. The molecule has 1 N–H and O–H groups in total. The fourth-order valence-electron chi connectivity index (χ4n) is 3.67. The third kappa shape index (κ3) is 5.26. The number of nitrogens with one attached hydrogen (secondary N) is 1. The van der Waals surface area contributed by atoms with Crippen molar-refractivity contribution in [2.75, 3.05) is 0 Å². The van der Waals surface area contributed by atoms with E-state index in [0.717, 1.165) is 0 Å². The number of amides is 1. The maximum absolute atomic E-state index is 12.9. The number of carbonyl (C=O) groups is 2. The van der Waals surface area contributed by atoms with E-state index in [4.69, 9.17) is 0 Å². The van der Waals surface area contributed by atoms with Gasteiger partial charge >= 0.3 is 12.4 Å². The lowest BCUT2D eigenvalue weighted by Gasteiger charge is -2.29. The molecule has 28 heavy (non-hydrogen) atoms. The van der Waals surface area contributed by atoms with Crippen molar-refractivity contribution in [1.82, 2.24) is 5.32 Å². The third-order valence-electron chi connectivity index (χ3n) is 4.80. The highest BCUT2D eigenvalue weighted by atomic mass is 19.4. The standard InChI is InChI=1S/C19H21F6NO2/c1-11(2)8-17(4-3-15(27)9-17)16(28)26-10-12-5-13(18(20,21)22)7-14(6-12)19(23,24)25/h5-7,11H,3-4,8-10H2,1-2H3,(H,26,28). The van der Waals surface area contributed by atoms with Gasteiger partial charge < -0.3 is 5.32 Å². The summed E-state index contributed by atoms with van der Waals surface area (Å²) in [6.07, 6.45) is -8.88. The van der Waals surface area contributed by atoms with E-state index in [0.29, 0.717) is 25.0 Å². The van der Waals surface area contributed by atoms with E-state index in [1.54, 1.807) is 0 Å². The van der Waals surface area contributed by atoms with Crippen LogP contribution in [-0.2, 0) is 28.5 Å². The zero-order valence-electron chi connectivity index (χ0n) is 15.4. The number of benzene rings is 1. The molecule has 1 amide bonds. The first kappa shape index (κ1) is 22.2. The largest absolute Gasteiger partial charge is 0.416 e. The van der Waals surface area contributed by atoms with Crippen LogP contribution < -0.4 is 5.32 Å². The summed E-state index contributed by atoms with van der Waals surface area (Å²) in [6, 6.07) is 1.22. The average Bonchev–Trinajstić information content (AvgIpc) is 2.92. The zero-order valence-corrected chi connectivity index (χ0v) is 15.4. The summed E-state index contributed by atoms with van der Waals surface area (Å²) in [5.74, 6) is -0.491. The maximum Gasteiger partial charge on any atom is 0.416 e. The molecule has 2 rings (SSSR count). The van der Waals surface area contributed by atoms with Crippen LogP contribution in [0.2, 0.25) is 0 Å². The van der Waals surface area contributed by atoms with Gasteiger partial charge in [-0.15, -0.1) is 0 Å². The van der Waals surface area contributed by atoms with Crippen LogP contribution >= 0.6 is 0 Å². The number of hydrogen-bond donors (Lipinski definition) is 1. The van der Waals surface area contributed by atoms with Gasteiger partial charge in [-0.2, -0.15) is 26.3 Å². The van der Waals surface area contributed by atoms with Crippen LogP contribution in [0.4, 0.5) is 26.3 Å². The Balaban J connectivity index is 2.25. The molecule has 0 heterocycles. The summed E-state index contributed by atoms with van der Waals surface area (Å²) >= 11 is 0. The van der Waals surface area contributed by atoms with E-state index in [2.05, 4.69) is 5.32 Å². The molecular weight excluding hydrogens is 388 g/mol. The second kappa shape index (κ2) is 7.75. The Morgan fingerprint density at radius 3 is 2.00 bits per heavy atom. The molecule has 1 atom stereocenters. The van der Waals surface area contributed by atoms with Gasteiger partial charge in [-0.3, -0.25) is 9.59 Å². The fraction of sp³-hybridized carbons (Fsp3) is 0.579. The second-order valence-corrected chi connectivity index (χ2v) is 7.69. The lowest BCUT2D eigenvalue weighted by Crippen LogP contribution is -2.40. The molecular formula is C19H21F6NO2. The van der Waals surface area contributed by atoms with Gasteiger partial charge in [0.2, 0.25) is 5.91 Å².